The zero-order valence-corrected chi connectivity index (χ0v) is 8.70. The zero-order chi connectivity index (χ0) is 6.41. The van der Waals surface area contributed by atoms with E-state index >= 15 is 0 Å². The second-order valence-electron chi connectivity index (χ2n) is 1.56. The highest BCUT2D eigenvalue weighted by molar-refractivity contribution is 14.1. The highest BCUT2D eigenvalue weighted by Crippen LogP contribution is 2.12. The summed E-state index contributed by atoms with van der Waals surface area (Å²) < 4.78 is 1.46. The maximum Gasteiger partial charge on any atom is 0.0222 e. The van der Waals surface area contributed by atoms with Crippen LogP contribution >= 0.6 is 38.5 Å². The van der Waals surface area contributed by atoms with E-state index in [-0.39, 0.29) is 0 Å². The largest absolute Gasteiger partial charge is 0.0883 e. The maximum absolute atomic E-state index is 3.34. The van der Waals surface area contributed by atoms with Gasteiger partial charge in [-0.2, -0.15) is 0 Å². The van der Waals surface area contributed by atoms with Crippen molar-refractivity contribution >= 4 is 38.5 Å². The van der Waals surface area contributed by atoms with Gasteiger partial charge in [0, 0.05) is 5.33 Å². The lowest BCUT2D eigenvalue weighted by molar-refractivity contribution is 0.952. The van der Waals surface area contributed by atoms with Crippen LogP contribution < -0.4 is 0 Å². The second kappa shape index (κ2) is 6.08. The molecule has 0 radical (unpaired) electrons. The van der Waals surface area contributed by atoms with Crippen molar-refractivity contribution in [2.24, 2.45) is 0 Å². The van der Waals surface area contributed by atoms with Crippen LogP contribution in [0.25, 0.3) is 0 Å². The summed E-state index contributed by atoms with van der Waals surface area (Å²) >= 11 is 5.71. The molecule has 0 saturated heterocycles. The van der Waals surface area contributed by atoms with Gasteiger partial charge in [0.25, 0.3) is 0 Å². The van der Waals surface area contributed by atoms with E-state index in [1.807, 2.05) is 0 Å². The van der Waals surface area contributed by atoms with Crippen LogP contribution in [0.4, 0.5) is 0 Å². The fourth-order valence-corrected chi connectivity index (χ4v) is 2.18. The Kier molecular flexibility index (Phi) is 6.80. The van der Waals surface area contributed by atoms with Crippen molar-refractivity contribution in [1.29, 1.82) is 0 Å². The lowest BCUT2D eigenvalue weighted by Crippen LogP contribution is -1.70. The van der Waals surface area contributed by atoms with Gasteiger partial charge in [0.1, 0.15) is 0 Å². The molecule has 48 valence electrons. The molecule has 0 spiro atoms. The molecule has 0 nitrogen and oxygen atoms in total. The second-order valence-corrected chi connectivity index (χ2v) is 3.59. The van der Waals surface area contributed by atoms with Crippen LogP contribution in [-0.2, 0) is 0 Å². The smallest absolute Gasteiger partial charge is 0.0222 e. The maximum atomic E-state index is 3.34. The van der Waals surface area contributed by atoms with Crippen molar-refractivity contribution in [3.63, 3.8) is 0 Å². The van der Waals surface area contributed by atoms with Gasteiger partial charge in [-0.1, -0.05) is 35.4 Å². The van der Waals surface area contributed by atoms with Crippen LogP contribution in [0.5, 0.6) is 0 Å². The first-order valence-electron chi connectivity index (χ1n) is 2.71. The number of halogens is 2. The summed E-state index contributed by atoms with van der Waals surface area (Å²) in [6, 6.07) is 0. The van der Waals surface area contributed by atoms with E-state index < -0.39 is 0 Å². The molecular weight excluding hydrogens is 279 g/mol. The molecule has 0 saturated carbocycles. The third kappa shape index (κ3) is 5.09. The lowest BCUT2D eigenvalue weighted by Gasteiger charge is -1.90. The Hall–Kier alpha value is 0.950. The molecular formula is C6H10BrI. The summed E-state index contributed by atoms with van der Waals surface area (Å²) in [6.07, 6.45) is 4.68. The Morgan fingerprint density at radius 1 is 1.75 bits per heavy atom. The van der Waals surface area contributed by atoms with Gasteiger partial charge >= 0.3 is 0 Å². The Labute approximate surface area is 73.0 Å². The fraction of sp³-hybridized carbons (Fsp3) is 0.667. The summed E-state index contributed by atoms with van der Waals surface area (Å²) in [4.78, 5) is 0. The third-order valence-corrected chi connectivity index (χ3v) is 2.09. The lowest BCUT2D eigenvalue weighted by atomic mass is 10.3. The van der Waals surface area contributed by atoms with E-state index in [1.165, 1.54) is 16.4 Å². The number of hydrogen-bond acceptors (Lipinski definition) is 0. The SMILES string of the molecule is CCC/C(I)=C\CBr. The first kappa shape index (κ1) is 8.95. The van der Waals surface area contributed by atoms with Gasteiger partial charge in [-0.15, -0.1) is 0 Å². The van der Waals surface area contributed by atoms with Crippen LogP contribution in [0.15, 0.2) is 9.66 Å². The summed E-state index contributed by atoms with van der Waals surface area (Å²) in [7, 11) is 0. The number of hydrogen-bond donors (Lipinski definition) is 0. The Balaban J connectivity index is 3.29. The average molecular weight is 289 g/mol. The standard InChI is InChI=1S/C6H10BrI/c1-2-3-6(8)4-5-7/h4H,2-3,5H2,1H3/b6-4+. The molecule has 0 N–H and O–H groups in total. The molecule has 0 aliphatic heterocycles. The molecule has 0 atom stereocenters. The molecule has 0 aromatic carbocycles. The normalized spacial score (nSPS) is 12.1. The van der Waals surface area contributed by atoms with E-state index in [0.717, 1.165) is 5.33 Å². The van der Waals surface area contributed by atoms with Crippen molar-refractivity contribution in [1.82, 2.24) is 0 Å². The minimum Gasteiger partial charge on any atom is -0.0883 e. The molecule has 0 bridgehead atoms. The molecule has 0 aliphatic carbocycles. The first-order chi connectivity index (χ1) is 3.81. The van der Waals surface area contributed by atoms with Crippen LogP contribution in [0.2, 0.25) is 0 Å². The van der Waals surface area contributed by atoms with Gasteiger partial charge in [-0.25, -0.2) is 0 Å². The summed E-state index contributed by atoms with van der Waals surface area (Å²) in [5.41, 5.74) is 0. The van der Waals surface area contributed by atoms with Crippen LogP contribution in [-0.4, -0.2) is 5.33 Å². The first-order valence-corrected chi connectivity index (χ1v) is 4.91. The molecule has 0 amide bonds. The van der Waals surface area contributed by atoms with Gasteiger partial charge < -0.3 is 0 Å². The molecule has 0 unspecified atom stereocenters. The van der Waals surface area contributed by atoms with Crippen molar-refractivity contribution in [3.8, 4) is 0 Å². The summed E-state index contributed by atoms with van der Waals surface area (Å²) in [5.74, 6) is 0. The van der Waals surface area contributed by atoms with Gasteiger partial charge in [0.2, 0.25) is 0 Å². The number of allylic oxidation sites excluding steroid dienone is 2. The van der Waals surface area contributed by atoms with Gasteiger partial charge in [0.05, 0.1) is 0 Å². The topological polar surface area (TPSA) is 0 Å². The molecule has 0 aliphatic rings. The van der Waals surface area contributed by atoms with E-state index in [9.17, 15) is 0 Å². The number of alkyl halides is 1. The predicted molar refractivity (Wildman–Crippen MR) is 50.8 cm³/mol. The minimum atomic E-state index is 0.991. The van der Waals surface area contributed by atoms with Crippen molar-refractivity contribution in [3.05, 3.63) is 9.66 Å². The van der Waals surface area contributed by atoms with E-state index in [2.05, 4.69) is 51.5 Å². The molecule has 0 aromatic rings. The monoisotopic (exact) mass is 288 g/mol. The van der Waals surface area contributed by atoms with Crippen molar-refractivity contribution in [2.45, 2.75) is 19.8 Å². The van der Waals surface area contributed by atoms with E-state index in [4.69, 9.17) is 0 Å². The Bertz CT molecular complexity index is 78.6. The molecule has 0 heterocycles. The van der Waals surface area contributed by atoms with Gasteiger partial charge in [-0.05, 0) is 32.6 Å². The Morgan fingerprint density at radius 2 is 2.38 bits per heavy atom. The molecule has 0 aromatic heterocycles. The molecule has 8 heavy (non-hydrogen) atoms. The van der Waals surface area contributed by atoms with Crippen LogP contribution in [0, 0.1) is 0 Å². The molecule has 2 heteroatoms. The third-order valence-electron chi connectivity index (χ3n) is 0.787. The van der Waals surface area contributed by atoms with Crippen LogP contribution in [0.1, 0.15) is 19.8 Å². The summed E-state index contributed by atoms with van der Waals surface area (Å²) in [6.45, 7) is 2.20. The minimum absolute atomic E-state index is 0.991. The Morgan fingerprint density at radius 3 is 2.75 bits per heavy atom. The van der Waals surface area contributed by atoms with E-state index in [0.29, 0.717) is 0 Å². The van der Waals surface area contributed by atoms with E-state index in [1.54, 1.807) is 0 Å². The van der Waals surface area contributed by atoms with Crippen molar-refractivity contribution < 1.29 is 0 Å². The number of rotatable bonds is 3. The quantitative estimate of drug-likeness (QED) is 0.551. The highest BCUT2D eigenvalue weighted by atomic mass is 127. The van der Waals surface area contributed by atoms with Crippen molar-refractivity contribution in [2.75, 3.05) is 5.33 Å². The van der Waals surface area contributed by atoms with Crippen LogP contribution in [0.3, 0.4) is 0 Å². The fourth-order valence-electron chi connectivity index (χ4n) is 0.425. The predicted octanol–water partition coefficient (Wildman–Crippen LogP) is 3.50. The van der Waals surface area contributed by atoms with Gasteiger partial charge in [0.15, 0.2) is 0 Å². The average Bonchev–Trinajstić information content (AvgIpc) is 1.68. The molecule has 0 fully saturated rings. The van der Waals surface area contributed by atoms with Gasteiger partial charge in [-0.3, -0.25) is 0 Å². The highest BCUT2D eigenvalue weighted by Gasteiger charge is 1.84. The zero-order valence-electron chi connectivity index (χ0n) is 4.95. The summed E-state index contributed by atoms with van der Waals surface area (Å²) in [5, 5.41) is 0.991. The molecule has 0 rings (SSSR count).